The summed E-state index contributed by atoms with van der Waals surface area (Å²) in [6.45, 7) is 0.332. The predicted octanol–water partition coefficient (Wildman–Crippen LogP) is 1.05. The van der Waals surface area contributed by atoms with E-state index in [1.807, 2.05) is 4.90 Å². The molecule has 0 radical (unpaired) electrons. The fraction of sp³-hybridized carbons (Fsp3) is 0.909. The van der Waals surface area contributed by atoms with Gasteiger partial charge in [-0.25, -0.2) is 0 Å². The number of rotatable bonds is 2. The van der Waals surface area contributed by atoms with Gasteiger partial charge in [-0.1, -0.05) is 0 Å². The van der Waals surface area contributed by atoms with Gasteiger partial charge < -0.3 is 0 Å². The Morgan fingerprint density at radius 3 is 2.10 bits per heavy atom. The lowest BCUT2D eigenvalue weighted by Crippen LogP contribution is -2.63. The molecule has 114 valence electrons. The number of carbonyl (C=O) groups is 1. The van der Waals surface area contributed by atoms with Gasteiger partial charge in [-0.3, -0.25) is 13.9 Å². The molecule has 0 spiro atoms. The number of fused-ring (bicyclic) bond motifs is 1. The summed E-state index contributed by atoms with van der Waals surface area (Å²) < 4.78 is 63.4. The number of alkyl halides is 3. The van der Waals surface area contributed by atoms with Gasteiger partial charge in [0.15, 0.2) is 0 Å². The van der Waals surface area contributed by atoms with Crippen molar-refractivity contribution in [3.8, 4) is 0 Å². The number of hydrogen-bond donors (Lipinski definition) is 0. The first-order valence-corrected chi connectivity index (χ1v) is 7.86. The molecule has 4 unspecified atom stereocenters. The summed E-state index contributed by atoms with van der Waals surface area (Å²) in [5.74, 6) is 0.162. The van der Waals surface area contributed by atoms with Crippen LogP contribution in [-0.4, -0.2) is 49.3 Å². The summed E-state index contributed by atoms with van der Waals surface area (Å²) in [5, 5.41) is 0. The van der Waals surface area contributed by atoms with Crippen LogP contribution in [0.1, 0.15) is 25.7 Å². The van der Waals surface area contributed by atoms with Gasteiger partial charge in [0.1, 0.15) is 5.78 Å². The van der Waals surface area contributed by atoms with Crippen molar-refractivity contribution in [2.75, 3.05) is 6.54 Å². The molecule has 0 aromatic heterocycles. The quantitative estimate of drug-likeness (QED) is 0.563. The third kappa shape index (κ3) is 2.25. The second-order valence-corrected chi connectivity index (χ2v) is 7.27. The Hall–Kier alpha value is -0.670. The van der Waals surface area contributed by atoms with Gasteiger partial charge in [0.2, 0.25) is 0 Å². The van der Waals surface area contributed by atoms with E-state index in [2.05, 4.69) is 4.18 Å². The van der Waals surface area contributed by atoms with E-state index in [0.29, 0.717) is 19.4 Å². The van der Waals surface area contributed by atoms with Gasteiger partial charge >= 0.3 is 15.6 Å². The number of hydrogen-bond acceptors (Lipinski definition) is 5. The largest absolute Gasteiger partial charge is 0.523 e. The molecule has 4 bridgehead atoms. The Kier molecular flexibility index (Phi) is 3.15. The molecule has 0 aromatic rings. The first-order chi connectivity index (χ1) is 9.17. The maximum atomic E-state index is 12.3. The molecule has 0 amide bonds. The average molecular weight is 313 g/mol. The second-order valence-electron chi connectivity index (χ2n) is 5.70. The Bertz CT molecular complexity index is 516. The monoisotopic (exact) mass is 313 g/mol. The maximum absolute atomic E-state index is 12.3. The Balaban J connectivity index is 1.71. The van der Waals surface area contributed by atoms with E-state index < -0.39 is 21.7 Å². The second kappa shape index (κ2) is 4.41. The van der Waals surface area contributed by atoms with E-state index in [0.717, 1.165) is 0 Å². The van der Waals surface area contributed by atoms with E-state index in [4.69, 9.17) is 0 Å². The van der Waals surface area contributed by atoms with Crippen molar-refractivity contribution >= 4 is 15.9 Å². The topological polar surface area (TPSA) is 63.7 Å². The fourth-order valence-corrected chi connectivity index (χ4v) is 4.26. The number of nitrogens with zero attached hydrogens (tertiary/aromatic N) is 1. The molecule has 4 heterocycles. The Morgan fingerprint density at radius 2 is 1.65 bits per heavy atom. The SMILES string of the molecule is O=C1CN2C3CC(OS(=O)(=O)C(F)(F)F)C[C@H]2CC1C3. The standard InChI is InChI=1S/C11H14F3NO4S/c12-11(13,14)20(17,18)19-9-3-7-1-6-2-8(4-9)15(7)5-10(6)16/h6-9H,1-5H2/t6?,7-,8?,9?/m1/s1. The highest BCUT2D eigenvalue weighted by Gasteiger charge is 2.53. The number of piperidine rings is 4. The third-order valence-corrected chi connectivity index (χ3v) is 5.55. The van der Waals surface area contributed by atoms with Crippen LogP contribution in [0.15, 0.2) is 0 Å². The van der Waals surface area contributed by atoms with E-state index in [1.54, 1.807) is 0 Å². The molecule has 4 rings (SSSR count). The van der Waals surface area contributed by atoms with E-state index in [-0.39, 0.29) is 36.6 Å². The number of ketones is 1. The normalized spacial score (nSPS) is 41.0. The van der Waals surface area contributed by atoms with E-state index >= 15 is 0 Å². The van der Waals surface area contributed by atoms with Crippen molar-refractivity contribution in [3.63, 3.8) is 0 Å². The molecule has 4 aliphatic heterocycles. The lowest BCUT2D eigenvalue weighted by atomic mass is 9.72. The van der Waals surface area contributed by atoms with Crippen molar-refractivity contribution in [1.82, 2.24) is 4.90 Å². The van der Waals surface area contributed by atoms with Crippen LogP contribution in [-0.2, 0) is 19.1 Å². The van der Waals surface area contributed by atoms with Crippen LogP contribution in [0.4, 0.5) is 13.2 Å². The smallest absolute Gasteiger partial charge is 0.298 e. The van der Waals surface area contributed by atoms with Gasteiger partial charge in [0.05, 0.1) is 12.6 Å². The Labute approximate surface area is 114 Å². The van der Waals surface area contributed by atoms with Crippen LogP contribution in [0.5, 0.6) is 0 Å². The average Bonchev–Trinajstić information content (AvgIpc) is 2.26. The van der Waals surface area contributed by atoms with Crippen molar-refractivity contribution in [2.24, 2.45) is 5.92 Å². The number of halogens is 3. The highest BCUT2D eigenvalue weighted by atomic mass is 32.2. The summed E-state index contributed by atoms with van der Waals surface area (Å²) in [6.07, 6.45) is 0.718. The lowest BCUT2D eigenvalue weighted by molar-refractivity contribution is -0.144. The summed E-state index contributed by atoms with van der Waals surface area (Å²) >= 11 is 0. The maximum Gasteiger partial charge on any atom is 0.523 e. The van der Waals surface area contributed by atoms with Crippen molar-refractivity contribution < 1.29 is 30.6 Å². The van der Waals surface area contributed by atoms with Crippen LogP contribution in [0, 0.1) is 5.92 Å². The number of Topliss-reactive ketones (excluding diaryl/α,β-unsaturated/α-hetero) is 1. The molecule has 0 N–H and O–H groups in total. The van der Waals surface area contributed by atoms with Crippen molar-refractivity contribution in [3.05, 3.63) is 0 Å². The molecule has 0 aliphatic carbocycles. The Morgan fingerprint density at radius 1 is 1.10 bits per heavy atom. The van der Waals surface area contributed by atoms with Crippen LogP contribution < -0.4 is 0 Å². The highest BCUT2D eigenvalue weighted by molar-refractivity contribution is 7.87. The van der Waals surface area contributed by atoms with Gasteiger partial charge in [0.25, 0.3) is 0 Å². The molecule has 4 saturated heterocycles. The highest BCUT2D eigenvalue weighted by Crippen LogP contribution is 2.43. The van der Waals surface area contributed by atoms with E-state index in [9.17, 15) is 26.4 Å². The van der Waals surface area contributed by atoms with Crippen LogP contribution >= 0.6 is 0 Å². The third-order valence-electron chi connectivity index (χ3n) is 4.46. The molecule has 9 heteroatoms. The zero-order chi connectivity index (χ0) is 14.7. The summed E-state index contributed by atoms with van der Waals surface area (Å²) in [5.41, 5.74) is -5.38. The van der Waals surface area contributed by atoms with Crippen molar-refractivity contribution in [1.29, 1.82) is 0 Å². The lowest BCUT2D eigenvalue weighted by Gasteiger charge is -2.54. The van der Waals surface area contributed by atoms with Gasteiger partial charge in [0, 0.05) is 18.0 Å². The fourth-order valence-electron chi connectivity index (χ4n) is 3.63. The van der Waals surface area contributed by atoms with Crippen LogP contribution in [0.3, 0.4) is 0 Å². The van der Waals surface area contributed by atoms with Gasteiger partial charge in [-0.2, -0.15) is 21.6 Å². The zero-order valence-corrected chi connectivity index (χ0v) is 11.3. The molecule has 0 saturated carbocycles. The summed E-state index contributed by atoms with van der Waals surface area (Å²) in [6, 6.07) is -0.0859. The summed E-state index contributed by atoms with van der Waals surface area (Å²) in [7, 11) is -5.54. The molecular weight excluding hydrogens is 299 g/mol. The summed E-state index contributed by atoms with van der Waals surface area (Å²) in [4.78, 5) is 13.6. The first-order valence-electron chi connectivity index (χ1n) is 6.45. The molecule has 20 heavy (non-hydrogen) atoms. The minimum atomic E-state index is -5.54. The van der Waals surface area contributed by atoms with Crippen LogP contribution in [0.25, 0.3) is 0 Å². The minimum absolute atomic E-state index is 0.0184. The molecule has 5 atom stereocenters. The predicted molar refractivity (Wildman–Crippen MR) is 61.1 cm³/mol. The molecule has 4 aliphatic rings. The molecular formula is C11H14F3NO4S. The van der Waals surface area contributed by atoms with E-state index in [1.165, 1.54) is 0 Å². The number of carbonyl (C=O) groups excluding carboxylic acids is 1. The zero-order valence-electron chi connectivity index (χ0n) is 10.5. The van der Waals surface area contributed by atoms with Gasteiger partial charge in [-0.15, -0.1) is 0 Å². The van der Waals surface area contributed by atoms with Crippen LogP contribution in [0.2, 0.25) is 0 Å². The van der Waals surface area contributed by atoms with Gasteiger partial charge in [-0.05, 0) is 25.7 Å². The molecule has 5 nitrogen and oxygen atoms in total. The minimum Gasteiger partial charge on any atom is -0.298 e. The first kappa shape index (κ1) is 14.3. The molecule has 4 fully saturated rings. The van der Waals surface area contributed by atoms with Crippen molar-refractivity contribution in [2.45, 2.75) is 49.4 Å². The molecule has 0 aromatic carbocycles.